The minimum Gasteiger partial charge on any atom is -0.467 e. The van der Waals surface area contributed by atoms with Crippen LogP contribution in [-0.2, 0) is 4.74 Å². The molecule has 1 aliphatic heterocycles. The summed E-state index contributed by atoms with van der Waals surface area (Å²) in [6, 6.07) is 1.27. The van der Waals surface area contributed by atoms with Gasteiger partial charge in [0.05, 0.1) is 7.11 Å². The van der Waals surface area contributed by atoms with Crippen molar-refractivity contribution in [2.24, 2.45) is 9.98 Å². The van der Waals surface area contributed by atoms with E-state index in [1.54, 1.807) is 13.3 Å². The van der Waals surface area contributed by atoms with E-state index in [0.29, 0.717) is 18.1 Å². The number of methoxy groups -OCH3 is 1. The van der Waals surface area contributed by atoms with Gasteiger partial charge in [-0.3, -0.25) is 0 Å². The third-order valence-corrected chi connectivity index (χ3v) is 2.41. The molecule has 0 amide bonds. The number of nitrogens with zero attached hydrogens (tertiary/aromatic N) is 3. The molecule has 0 aromatic heterocycles. The normalized spacial score (nSPS) is 15.9. The number of rotatable bonds is 2. The first kappa shape index (κ1) is 12.7. The van der Waals surface area contributed by atoms with Gasteiger partial charge in [0.2, 0.25) is 0 Å². The summed E-state index contributed by atoms with van der Waals surface area (Å²) in [5.74, 6) is 1.01. The molecule has 0 aliphatic carbocycles. The molecule has 0 atom stereocenters. The molecular formula is C12H21N3O. The Kier molecular flexibility index (Phi) is 4.52. The Morgan fingerprint density at radius 1 is 1.25 bits per heavy atom. The monoisotopic (exact) mass is 223 g/mol. The fraction of sp³-hybridized carbons (Fsp3) is 0.667. The second-order valence-corrected chi connectivity index (χ2v) is 4.33. The average Bonchev–Trinajstić information content (AvgIpc) is 2.42. The first-order valence-electron chi connectivity index (χ1n) is 5.69. The highest BCUT2D eigenvalue weighted by Crippen LogP contribution is 2.11. The Morgan fingerprint density at radius 3 is 2.38 bits per heavy atom. The molecule has 0 aromatic carbocycles. The van der Waals surface area contributed by atoms with Crippen molar-refractivity contribution >= 4 is 11.9 Å². The van der Waals surface area contributed by atoms with E-state index >= 15 is 0 Å². The molecule has 0 aromatic rings. The van der Waals surface area contributed by atoms with Crippen LogP contribution in [0.2, 0.25) is 0 Å². The summed E-state index contributed by atoms with van der Waals surface area (Å²) in [5.41, 5.74) is 0. The number of hydrogen-bond donors (Lipinski definition) is 0. The lowest BCUT2D eigenvalue weighted by Gasteiger charge is -2.33. The molecule has 1 rings (SSSR count). The fourth-order valence-corrected chi connectivity index (χ4v) is 1.91. The standard InChI is InChI=1S/C12H21N3O/c1-9(2)15(10(3)4)11-7-6-8-13-12(14-11)16-5/h6,8-10H,7H2,1-5H3. The second kappa shape index (κ2) is 5.68. The minimum absolute atomic E-state index is 0.420. The van der Waals surface area contributed by atoms with E-state index in [4.69, 9.17) is 4.74 Å². The zero-order chi connectivity index (χ0) is 12.1. The highest BCUT2D eigenvalue weighted by atomic mass is 16.5. The lowest BCUT2D eigenvalue weighted by Crippen LogP contribution is -2.42. The Balaban J connectivity index is 2.96. The predicted octanol–water partition coefficient (Wildman–Crippen LogP) is 2.42. The smallest absolute Gasteiger partial charge is 0.317 e. The Hall–Kier alpha value is -1.32. The Morgan fingerprint density at radius 2 is 1.88 bits per heavy atom. The van der Waals surface area contributed by atoms with E-state index in [2.05, 4.69) is 42.6 Å². The van der Waals surface area contributed by atoms with Gasteiger partial charge >= 0.3 is 6.02 Å². The van der Waals surface area contributed by atoms with Crippen molar-refractivity contribution in [3.8, 4) is 0 Å². The maximum atomic E-state index is 5.10. The van der Waals surface area contributed by atoms with Gasteiger partial charge in [0.15, 0.2) is 0 Å². The SMILES string of the molecule is COC1=NC=CCC(N(C(C)C)C(C)C)=N1. The first-order chi connectivity index (χ1) is 7.56. The third kappa shape index (κ3) is 3.08. The van der Waals surface area contributed by atoms with Crippen LogP contribution in [-0.4, -0.2) is 36.0 Å². The molecule has 0 fully saturated rings. The van der Waals surface area contributed by atoms with Gasteiger partial charge in [0, 0.05) is 24.7 Å². The highest BCUT2D eigenvalue weighted by molar-refractivity contribution is 5.95. The highest BCUT2D eigenvalue weighted by Gasteiger charge is 2.18. The zero-order valence-electron chi connectivity index (χ0n) is 10.8. The summed E-state index contributed by atoms with van der Waals surface area (Å²) in [6.45, 7) is 8.67. The summed E-state index contributed by atoms with van der Waals surface area (Å²) in [5, 5.41) is 0. The third-order valence-electron chi connectivity index (χ3n) is 2.41. The van der Waals surface area contributed by atoms with E-state index in [-0.39, 0.29) is 0 Å². The van der Waals surface area contributed by atoms with Crippen molar-refractivity contribution in [1.29, 1.82) is 0 Å². The topological polar surface area (TPSA) is 37.2 Å². The van der Waals surface area contributed by atoms with Crippen LogP contribution in [0, 0.1) is 0 Å². The van der Waals surface area contributed by atoms with Gasteiger partial charge in [-0.15, -0.1) is 0 Å². The molecular weight excluding hydrogens is 202 g/mol. The Labute approximate surface area is 97.7 Å². The van der Waals surface area contributed by atoms with Crippen molar-refractivity contribution in [3.05, 3.63) is 12.3 Å². The summed E-state index contributed by atoms with van der Waals surface area (Å²) in [7, 11) is 1.59. The van der Waals surface area contributed by atoms with Gasteiger partial charge in [-0.1, -0.05) is 6.08 Å². The van der Waals surface area contributed by atoms with Gasteiger partial charge < -0.3 is 9.64 Å². The summed E-state index contributed by atoms with van der Waals surface area (Å²) < 4.78 is 5.10. The van der Waals surface area contributed by atoms with Crippen molar-refractivity contribution in [1.82, 2.24) is 4.90 Å². The number of amidine groups is 2. The zero-order valence-corrected chi connectivity index (χ0v) is 10.8. The van der Waals surface area contributed by atoms with Crippen LogP contribution >= 0.6 is 0 Å². The summed E-state index contributed by atoms with van der Waals surface area (Å²) in [6.07, 6.45) is 4.55. The molecule has 0 N–H and O–H groups in total. The predicted molar refractivity (Wildman–Crippen MR) is 67.7 cm³/mol. The van der Waals surface area contributed by atoms with Crippen LogP contribution in [0.3, 0.4) is 0 Å². The number of aliphatic imine (C=N–C) groups is 2. The molecule has 4 nitrogen and oxygen atoms in total. The van der Waals surface area contributed by atoms with Gasteiger partial charge in [0.1, 0.15) is 5.84 Å². The van der Waals surface area contributed by atoms with Gasteiger partial charge in [-0.25, -0.2) is 4.99 Å². The van der Waals surface area contributed by atoms with E-state index in [1.165, 1.54) is 0 Å². The molecule has 0 saturated heterocycles. The van der Waals surface area contributed by atoms with Crippen LogP contribution < -0.4 is 0 Å². The van der Waals surface area contributed by atoms with Gasteiger partial charge in [-0.05, 0) is 27.7 Å². The fourth-order valence-electron chi connectivity index (χ4n) is 1.91. The molecule has 0 unspecified atom stereocenters. The molecule has 1 aliphatic rings. The molecule has 90 valence electrons. The average molecular weight is 223 g/mol. The van der Waals surface area contributed by atoms with Crippen molar-refractivity contribution < 1.29 is 4.74 Å². The van der Waals surface area contributed by atoms with Crippen LogP contribution in [0.4, 0.5) is 0 Å². The maximum Gasteiger partial charge on any atom is 0.317 e. The number of ether oxygens (including phenoxy) is 1. The van der Waals surface area contributed by atoms with Crippen molar-refractivity contribution in [2.75, 3.05) is 7.11 Å². The minimum atomic E-state index is 0.420. The quantitative estimate of drug-likeness (QED) is 0.721. The van der Waals surface area contributed by atoms with E-state index < -0.39 is 0 Å². The summed E-state index contributed by atoms with van der Waals surface area (Å²) >= 11 is 0. The van der Waals surface area contributed by atoms with E-state index in [1.807, 2.05) is 6.08 Å². The molecule has 4 heteroatoms. The molecule has 0 spiro atoms. The van der Waals surface area contributed by atoms with E-state index in [9.17, 15) is 0 Å². The van der Waals surface area contributed by atoms with Crippen LogP contribution in [0.1, 0.15) is 34.1 Å². The lowest BCUT2D eigenvalue weighted by molar-refractivity contribution is 0.287. The summed E-state index contributed by atoms with van der Waals surface area (Å²) in [4.78, 5) is 10.8. The molecule has 16 heavy (non-hydrogen) atoms. The van der Waals surface area contributed by atoms with Gasteiger partial charge in [-0.2, -0.15) is 4.99 Å². The van der Waals surface area contributed by atoms with E-state index in [0.717, 1.165) is 12.3 Å². The number of hydrogen-bond acceptors (Lipinski definition) is 4. The molecule has 0 radical (unpaired) electrons. The Bertz CT molecular complexity index is 308. The van der Waals surface area contributed by atoms with Crippen LogP contribution in [0.25, 0.3) is 0 Å². The first-order valence-corrected chi connectivity index (χ1v) is 5.69. The largest absolute Gasteiger partial charge is 0.467 e. The van der Waals surface area contributed by atoms with Crippen LogP contribution in [0.15, 0.2) is 22.3 Å². The molecule has 0 saturated carbocycles. The lowest BCUT2D eigenvalue weighted by atomic mass is 10.2. The van der Waals surface area contributed by atoms with Crippen molar-refractivity contribution in [3.63, 3.8) is 0 Å². The van der Waals surface area contributed by atoms with Gasteiger partial charge in [0.25, 0.3) is 0 Å². The molecule has 0 bridgehead atoms. The molecule has 1 heterocycles. The second-order valence-electron chi connectivity index (χ2n) is 4.33. The maximum absolute atomic E-state index is 5.10. The van der Waals surface area contributed by atoms with Crippen molar-refractivity contribution in [2.45, 2.75) is 46.2 Å². The van der Waals surface area contributed by atoms with Crippen LogP contribution in [0.5, 0.6) is 0 Å².